The highest BCUT2D eigenvalue weighted by atomic mass is 19.3. The van der Waals surface area contributed by atoms with Gasteiger partial charge in [0.1, 0.15) is 6.61 Å². The van der Waals surface area contributed by atoms with Crippen LogP contribution >= 0.6 is 0 Å². The first-order valence-corrected chi connectivity index (χ1v) is 4.11. The number of alkyl halides is 2. The Morgan fingerprint density at radius 2 is 2.00 bits per heavy atom. The zero-order chi connectivity index (χ0) is 11.7. The van der Waals surface area contributed by atoms with E-state index < -0.39 is 31.6 Å². The summed E-state index contributed by atoms with van der Waals surface area (Å²) in [6.45, 7) is -1.11. The van der Waals surface area contributed by atoms with Crippen LogP contribution in [-0.2, 0) is 9.53 Å². The molecule has 0 spiro atoms. The number of carboxylic acid groups (broad SMARTS) is 1. The van der Waals surface area contributed by atoms with Gasteiger partial charge in [-0.2, -0.15) is 0 Å². The lowest BCUT2D eigenvalue weighted by molar-refractivity contribution is -0.142. The third-order valence-electron chi connectivity index (χ3n) is 1.17. The summed E-state index contributed by atoms with van der Waals surface area (Å²) in [6, 6.07) is -0.741. The van der Waals surface area contributed by atoms with Crippen molar-refractivity contribution < 1.29 is 28.2 Å². The number of carbonyl (C=O) groups excluding carboxylic acids is 1. The number of hydrogen-bond acceptors (Lipinski definition) is 3. The molecular weight excluding hydrogens is 214 g/mol. The molecule has 8 heteroatoms. The Labute approximate surface area is 84.6 Å². The molecule has 0 atom stereocenters. The zero-order valence-electron chi connectivity index (χ0n) is 7.83. The lowest BCUT2D eigenvalue weighted by Gasteiger charge is -2.06. The van der Waals surface area contributed by atoms with E-state index in [1.54, 1.807) is 0 Å². The number of carbonyl (C=O) groups is 2. The van der Waals surface area contributed by atoms with Gasteiger partial charge in [-0.3, -0.25) is 0 Å². The summed E-state index contributed by atoms with van der Waals surface area (Å²) in [5, 5.41) is 12.3. The van der Waals surface area contributed by atoms with E-state index in [0.29, 0.717) is 0 Å². The Balaban J connectivity index is 3.28. The number of hydrogen-bond donors (Lipinski definition) is 3. The van der Waals surface area contributed by atoms with E-state index in [0.717, 1.165) is 0 Å². The predicted octanol–water partition coefficient (Wildman–Crippen LogP) is -0.348. The fraction of sp³-hybridized carbons (Fsp3) is 0.714. The Morgan fingerprint density at radius 1 is 1.33 bits per heavy atom. The summed E-state index contributed by atoms with van der Waals surface area (Å²) in [5.74, 6) is -1.11. The summed E-state index contributed by atoms with van der Waals surface area (Å²) in [4.78, 5) is 20.7. The average molecular weight is 226 g/mol. The monoisotopic (exact) mass is 226 g/mol. The minimum atomic E-state index is -2.60. The normalized spacial score (nSPS) is 10.1. The fourth-order valence-corrected chi connectivity index (χ4v) is 0.629. The maximum atomic E-state index is 11.6. The maximum absolute atomic E-state index is 11.6. The maximum Gasteiger partial charge on any atom is 0.329 e. The molecular formula is C7H12F2N2O4. The van der Waals surface area contributed by atoms with Crippen LogP contribution in [0.25, 0.3) is 0 Å². The van der Waals surface area contributed by atoms with Crippen molar-refractivity contribution in [1.82, 2.24) is 10.6 Å². The topological polar surface area (TPSA) is 87.7 Å². The van der Waals surface area contributed by atoms with E-state index in [1.165, 1.54) is 0 Å². The van der Waals surface area contributed by atoms with Crippen LogP contribution in [0.15, 0.2) is 0 Å². The van der Waals surface area contributed by atoms with Crippen molar-refractivity contribution in [3.8, 4) is 0 Å². The molecule has 0 rings (SSSR count). The first-order valence-electron chi connectivity index (χ1n) is 4.11. The number of nitrogens with one attached hydrogen (secondary N) is 2. The summed E-state index contributed by atoms with van der Waals surface area (Å²) < 4.78 is 27.8. The number of amides is 2. The summed E-state index contributed by atoms with van der Waals surface area (Å²) >= 11 is 0. The molecule has 15 heavy (non-hydrogen) atoms. The van der Waals surface area contributed by atoms with Crippen molar-refractivity contribution in [1.29, 1.82) is 0 Å². The number of carboxylic acids is 1. The predicted molar refractivity (Wildman–Crippen MR) is 45.9 cm³/mol. The SMILES string of the molecule is O=C(O)COCCNC(=O)NCC(F)F. The number of ether oxygens (including phenoxy) is 1. The molecule has 3 N–H and O–H groups in total. The number of halogens is 2. The van der Waals surface area contributed by atoms with Crippen LogP contribution in [-0.4, -0.2) is 49.8 Å². The van der Waals surface area contributed by atoms with Gasteiger partial charge in [0.15, 0.2) is 0 Å². The summed E-state index contributed by atoms with van der Waals surface area (Å²) in [7, 11) is 0. The first kappa shape index (κ1) is 13.6. The molecule has 0 heterocycles. The highest BCUT2D eigenvalue weighted by Gasteiger charge is 2.05. The van der Waals surface area contributed by atoms with Crippen LogP contribution < -0.4 is 10.6 Å². The van der Waals surface area contributed by atoms with Crippen LogP contribution in [0, 0.1) is 0 Å². The van der Waals surface area contributed by atoms with Crippen molar-refractivity contribution in [2.75, 3.05) is 26.3 Å². The Kier molecular flexibility index (Phi) is 7.16. The molecule has 0 radical (unpaired) electrons. The van der Waals surface area contributed by atoms with Gasteiger partial charge >= 0.3 is 12.0 Å². The molecule has 0 aliphatic heterocycles. The molecule has 0 saturated heterocycles. The molecule has 0 aliphatic carbocycles. The minimum Gasteiger partial charge on any atom is -0.480 e. The Bertz CT molecular complexity index is 213. The fourth-order valence-electron chi connectivity index (χ4n) is 0.629. The van der Waals surface area contributed by atoms with Gasteiger partial charge in [-0.15, -0.1) is 0 Å². The second kappa shape index (κ2) is 7.92. The van der Waals surface area contributed by atoms with E-state index in [9.17, 15) is 18.4 Å². The molecule has 0 aliphatic rings. The van der Waals surface area contributed by atoms with E-state index in [2.05, 4.69) is 10.1 Å². The molecule has 0 aromatic heterocycles. The highest BCUT2D eigenvalue weighted by Crippen LogP contribution is 1.86. The molecule has 0 bridgehead atoms. The van der Waals surface area contributed by atoms with Crippen LogP contribution in [0.1, 0.15) is 0 Å². The zero-order valence-corrected chi connectivity index (χ0v) is 7.83. The van der Waals surface area contributed by atoms with E-state index in [1.807, 2.05) is 5.32 Å². The number of rotatable bonds is 7. The van der Waals surface area contributed by atoms with Crippen molar-refractivity contribution in [3.63, 3.8) is 0 Å². The van der Waals surface area contributed by atoms with Crippen molar-refractivity contribution >= 4 is 12.0 Å². The molecule has 2 amide bonds. The lowest BCUT2D eigenvalue weighted by atomic mass is 10.6. The Morgan fingerprint density at radius 3 is 2.53 bits per heavy atom. The van der Waals surface area contributed by atoms with Crippen LogP contribution in [0.3, 0.4) is 0 Å². The Hall–Kier alpha value is -1.44. The van der Waals surface area contributed by atoms with Crippen LogP contribution in [0.4, 0.5) is 13.6 Å². The highest BCUT2D eigenvalue weighted by molar-refractivity contribution is 5.73. The molecule has 88 valence electrons. The summed E-state index contributed by atoms with van der Waals surface area (Å²) in [5.41, 5.74) is 0. The lowest BCUT2D eigenvalue weighted by Crippen LogP contribution is -2.39. The first-order chi connectivity index (χ1) is 7.02. The van der Waals surface area contributed by atoms with Gasteiger partial charge in [-0.05, 0) is 0 Å². The van der Waals surface area contributed by atoms with Crippen molar-refractivity contribution in [3.05, 3.63) is 0 Å². The van der Waals surface area contributed by atoms with Gasteiger partial charge in [0.25, 0.3) is 6.43 Å². The summed E-state index contributed by atoms with van der Waals surface area (Å²) in [6.07, 6.45) is -2.60. The quantitative estimate of drug-likeness (QED) is 0.518. The largest absolute Gasteiger partial charge is 0.480 e. The van der Waals surface area contributed by atoms with Crippen LogP contribution in [0.2, 0.25) is 0 Å². The molecule has 0 aromatic carbocycles. The molecule has 0 saturated carbocycles. The van der Waals surface area contributed by atoms with Gasteiger partial charge < -0.3 is 20.5 Å². The third-order valence-corrected chi connectivity index (χ3v) is 1.17. The second-order valence-corrected chi connectivity index (χ2v) is 2.47. The molecule has 0 unspecified atom stereocenters. The van der Waals surface area contributed by atoms with Gasteiger partial charge in [-0.25, -0.2) is 18.4 Å². The smallest absolute Gasteiger partial charge is 0.329 e. The van der Waals surface area contributed by atoms with Gasteiger partial charge in [0, 0.05) is 6.54 Å². The van der Waals surface area contributed by atoms with E-state index >= 15 is 0 Å². The van der Waals surface area contributed by atoms with Crippen LogP contribution in [0.5, 0.6) is 0 Å². The standard InChI is InChI=1S/C7H12F2N2O4/c8-5(9)3-11-7(14)10-1-2-15-4-6(12)13/h5H,1-4H2,(H,12,13)(H2,10,11,14). The van der Waals surface area contributed by atoms with Crippen molar-refractivity contribution in [2.45, 2.75) is 6.43 Å². The second-order valence-electron chi connectivity index (χ2n) is 2.47. The van der Waals surface area contributed by atoms with Gasteiger partial charge in [0.05, 0.1) is 13.2 Å². The van der Waals surface area contributed by atoms with E-state index in [4.69, 9.17) is 5.11 Å². The molecule has 0 aromatic rings. The third kappa shape index (κ3) is 10.5. The number of aliphatic carboxylic acids is 1. The molecule has 0 fully saturated rings. The average Bonchev–Trinajstić information content (AvgIpc) is 2.13. The molecule has 6 nitrogen and oxygen atoms in total. The van der Waals surface area contributed by atoms with Crippen molar-refractivity contribution in [2.24, 2.45) is 0 Å². The number of urea groups is 1. The minimum absolute atomic E-state index is 0.00833. The van der Waals surface area contributed by atoms with Gasteiger partial charge in [-0.1, -0.05) is 0 Å². The van der Waals surface area contributed by atoms with Gasteiger partial charge in [0.2, 0.25) is 0 Å². The van der Waals surface area contributed by atoms with E-state index in [-0.39, 0.29) is 13.2 Å².